The van der Waals surface area contributed by atoms with Crippen LogP contribution in [0.3, 0.4) is 0 Å². The molecule has 0 saturated carbocycles. The maximum Gasteiger partial charge on any atom is 0.150 e. The number of carbonyl (C=O) groups excluding carboxylic acids is 1. The summed E-state index contributed by atoms with van der Waals surface area (Å²) < 4.78 is 5.81. The number of carbonyl (C=O) groups is 1. The molecule has 1 atom stereocenters. The van der Waals surface area contributed by atoms with Gasteiger partial charge in [-0.2, -0.15) is 0 Å². The summed E-state index contributed by atoms with van der Waals surface area (Å²) in [6.07, 6.45) is 3.01. The zero-order valence-corrected chi connectivity index (χ0v) is 16.3. The molecule has 1 N–H and O–H groups in total. The molecule has 0 spiro atoms. The van der Waals surface area contributed by atoms with Gasteiger partial charge in [0.15, 0.2) is 0 Å². The van der Waals surface area contributed by atoms with E-state index in [0.29, 0.717) is 18.2 Å². The average molecular weight is 377 g/mol. The molecule has 1 unspecified atom stereocenters. The van der Waals surface area contributed by atoms with Gasteiger partial charge in [-0.3, -0.25) is 14.6 Å². The summed E-state index contributed by atoms with van der Waals surface area (Å²) in [4.78, 5) is 19.1. The Morgan fingerprint density at radius 3 is 2.57 bits per heavy atom. The van der Waals surface area contributed by atoms with Crippen LogP contribution in [0.25, 0.3) is 10.9 Å². The molecule has 5 heteroatoms. The number of aldehydes is 1. The molecule has 28 heavy (non-hydrogen) atoms. The molecule has 0 bridgehead atoms. The van der Waals surface area contributed by atoms with Gasteiger partial charge in [-0.1, -0.05) is 18.2 Å². The molecular formula is C23H27N3O2. The van der Waals surface area contributed by atoms with Crippen LogP contribution in [0, 0.1) is 0 Å². The van der Waals surface area contributed by atoms with Crippen molar-refractivity contribution in [1.82, 2.24) is 14.8 Å². The first-order valence-electron chi connectivity index (χ1n) is 9.95. The van der Waals surface area contributed by atoms with Crippen molar-refractivity contribution < 1.29 is 9.53 Å². The largest absolute Gasteiger partial charge is 0.492 e. The zero-order valence-electron chi connectivity index (χ0n) is 16.3. The van der Waals surface area contributed by atoms with E-state index in [2.05, 4.69) is 52.2 Å². The standard InChI is InChI=1S/C23H27N3O2/c1-18(22-16-24-23-5-3-2-4-21(22)23)26-12-10-25(11-13-26)14-15-28-20-8-6-19(17-27)7-9-20/h2-9,16-18,24H,10-15H2,1H3. The van der Waals surface area contributed by atoms with Gasteiger partial charge in [-0.25, -0.2) is 0 Å². The predicted octanol–water partition coefficient (Wildman–Crippen LogP) is 3.74. The van der Waals surface area contributed by atoms with Crippen LogP contribution in [0.5, 0.6) is 5.75 Å². The Morgan fingerprint density at radius 2 is 1.82 bits per heavy atom. The average Bonchev–Trinajstić information content (AvgIpc) is 3.18. The third-order valence-electron chi connectivity index (χ3n) is 5.72. The molecule has 0 amide bonds. The maximum absolute atomic E-state index is 10.7. The fourth-order valence-corrected chi connectivity index (χ4v) is 3.95. The Labute approximate surface area is 165 Å². The molecule has 5 nitrogen and oxygen atoms in total. The predicted molar refractivity (Wildman–Crippen MR) is 112 cm³/mol. The van der Waals surface area contributed by atoms with Gasteiger partial charge in [-0.15, -0.1) is 0 Å². The number of piperazine rings is 1. The van der Waals surface area contributed by atoms with Crippen molar-refractivity contribution >= 4 is 17.2 Å². The molecule has 1 aliphatic rings. The third-order valence-corrected chi connectivity index (χ3v) is 5.72. The van der Waals surface area contributed by atoms with Gasteiger partial charge in [0.1, 0.15) is 18.6 Å². The second-order valence-corrected chi connectivity index (χ2v) is 7.38. The Hall–Kier alpha value is -2.63. The summed E-state index contributed by atoms with van der Waals surface area (Å²) >= 11 is 0. The first-order valence-corrected chi connectivity index (χ1v) is 9.95. The minimum Gasteiger partial charge on any atom is -0.492 e. The number of fused-ring (bicyclic) bond motifs is 1. The number of ether oxygens (including phenoxy) is 1. The van der Waals surface area contributed by atoms with Gasteiger partial charge in [0.2, 0.25) is 0 Å². The third kappa shape index (κ3) is 4.11. The van der Waals surface area contributed by atoms with Crippen molar-refractivity contribution in [3.05, 3.63) is 65.9 Å². The fraction of sp³-hybridized carbons (Fsp3) is 0.348. The second-order valence-electron chi connectivity index (χ2n) is 7.38. The minimum absolute atomic E-state index is 0.408. The summed E-state index contributed by atoms with van der Waals surface area (Å²) in [7, 11) is 0. The van der Waals surface area contributed by atoms with E-state index >= 15 is 0 Å². The Kier molecular flexibility index (Phi) is 5.74. The highest BCUT2D eigenvalue weighted by molar-refractivity contribution is 5.83. The number of rotatable bonds is 7. The van der Waals surface area contributed by atoms with Crippen LogP contribution in [0.4, 0.5) is 0 Å². The van der Waals surface area contributed by atoms with Crippen LogP contribution < -0.4 is 4.74 Å². The Balaban J connectivity index is 1.25. The lowest BCUT2D eigenvalue weighted by atomic mass is 10.1. The highest BCUT2D eigenvalue weighted by atomic mass is 16.5. The van der Waals surface area contributed by atoms with Gasteiger partial charge in [0.05, 0.1) is 0 Å². The molecule has 1 aromatic heterocycles. The van der Waals surface area contributed by atoms with E-state index in [4.69, 9.17) is 4.74 Å². The number of nitrogens with zero attached hydrogens (tertiary/aromatic N) is 2. The number of H-pyrrole nitrogens is 1. The normalized spacial score (nSPS) is 16.9. The lowest BCUT2D eigenvalue weighted by Crippen LogP contribution is -2.48. The van der Waals surface area contributed by atoms with Crippen LogP contribution in [-0.4, -0.2) is 60.4 Å². The first kappa shape index (κ1) is 18.7. The van der Waals surface area contributed by atoms with Crippen molar-refractivity contribution in [3.8, 4) is 5.75 Å². The van der Waals surface area contributed by atoms with Crippen LogP contribution >= 0.6 is 0 Å². The quantitative estimate of drug-likeness (QED) is 0.637. The number of aromatic nitrogens is 1. The number of hydrogen-bond donors (Lipinski definition) is 1. The van der Waals surface area contributed by atoms with Gasteiger partial charge in [0.25, 0.3) is 0 Å². The van der Waals surface area contributed by atoms with Gasteiger partial charge in [0, 0.05) is 61.4 Å². The van der Waals surface area contributed by atoms with E-state index in [0.717, 1.165) is 44.8 Å². The van der Waals surface area contributed by atoms with Crippen LogP contribution in [0.1, 0.15) is 28.9 Å². The van der Waals surface area contributed by atoms with E-state index < -0.39 is 0 Å². The van der Waals surface area contributed by atoms with Gasteiger partial charge < -0.3 is 9.72 Å². The van der Waals surface area contributed by atoms with Crippen molar-refractivity contribution in [2.24, 2.45) is 0 Å². The lowest BCUT2D eigenvalue weighted by Gasteiger charge is -2.38. The molecule has 2 aromatic carbocycles. The summed E-state index contributed by atoms with van der Waals surface area (Å²) in [5.41, 5.74) is 3.26. The number of aromatic amines is 1. The fourth-order valence-electron chi connectivity index (χ4n) is 3.95. The Bertz CT molecular complexity index is 911. The van der Waals surface area contributed by atoms with Crippen molar-refractivity contribution in [3.63, 3.8) is 0 Å². The summed E-state index contributed by atoms with van der Waals surface area (Å²) in [5, 5.41) is 1.33. The van der Waals surface area contributed by atoms with E-state index in [-0.39, 0.29) is 0 Å². The summed E-state index contributed by atoms with van der Waals surface area (Å²) in [5.74, 6) is 0.817. The van der Waals surface area contributed by atoms with E-state index in [1.165, 1.54) is 16.5 Å². The molecule has 2 heterocycles. The second kappa shape index (κ2) is 8.59. The van der Waals surface area contributed by atoms with Gasteiger partial charge in [-0.05, 0) is 42.8 Å². The van der Waals surface area contributed by atoms with E-state index in [1.54, 1.807) is 12.1 Å². The monoisotopic (exact) mass is 377 g/mol. The maximum atomic E-state index is 10.7. The Morgan fingerprint density at radius 1 is 1.07 bits per heavy atom. The molecule has 1 fully saturated rings. The molecule has 1 saturated heterocycles. The molecule has 3 aromatic rings. The van der Waals surface area contributed by atoms with Crippen LogP contribution in [-0.2, 0) is 0 Å². The number of nitrogens with one attached hydrogen (secondary N) is 1. The molecule has 0 aliphatic carbocycles. The number of benzene rings is 2. The summed E-state index contributed by atoms with van der Waals surface area (Å²) in [6.45, 7) is 8.13. The first-order chi connectivity index (χ1) is 13.7. The summed E-state index contributed by atoms with van der Waals surface area (Å²) in [6, 6.07) is 16.2. The zero-order chi connectivity index (χ0) is 19.3. The topological polar surface area (TPSA) is 48.6 Å². The number of para-hydroxylation sites is 1. The molecule has 146 valence electrons. The van der Waals surface area contributed by atoms with E-state index in [1.807, 2.05) is 12.1 Å². The molecule has 4 rings (SSSR count). The van der Waals surface area contributed by atoms with Crippen molar-refractivity contribution in [1.29, 1.82) is 0 Å². The molecule has 1 aliphatic heterocycles. The number of hydrogen-bond acceptors (Lipinski definition) is 4. The highest BCUT2D eigenvalue weighted by Crippen LogP contribution is 2.28. The van der Waals surface area contributed by atoms with E-state index in [9.17, 15) is 4.79 Å². The van der Waals surface area contributed by atoms with Gasteiger partial charge >= 0.3 is 0 Å². The lowest BCUT2D eigenvalue weighted by molar-refractivity contribution is 0.0922. The van der Waals surface area contributed by atoms with Crippen LogP contribution in [0.15, 0.2) is 54.7 Å². The van der Waals surface area contributed by atoms with Crippen LogP contribution in [0.2, 0.25) is 0 Å². The molecule has 0 radical (unpaired) electrons. The smallest absolute Gasteiger partial charge is 0.150 e. The van der Waals surface area contributed by atoms with Crippen molar-refractivity contribution in [2.45, 2.75) is 13.0 Å². The minimum atomic E-state index is 0.408. The highest BCUT2D eigenvalue weighted by Gasteiger charge is 2.23. The van der Waals surface area contributed by atoms with Crippen molar-refractivity contribution in [2.75, 3.05) is 39.3 Å². The SMILES string of the molecule is CC(c1c[nH]c2ccccc12)N1CCN(CCOc2ccc(C=O)cc2)CC1. The molecular weight excluding hydrogens is 350 g/mol.